The second kappa shape index (κ2) is 6.43. The zero-order chi connectivity index (χ0) is 16.5. The number of carbonyl (C=O) groups excluding carboxylic acids is 1. The lowest BCUT2D eigenvalue weighted by atomic mass is 10.1. The molecular formula is C18H23N3O3. The Hall–Kier alpha value is -2.08. The fourth-order valence-corrected chi connectivity index (χ4v) is 3.76. The standard InChI is InChI=1S/C18H23N3O3/c1-13-15(19-18(24-13)16-7-4-10-23-16)11-20-8-9-21(17(22)12-20)14-5-2-3-6-14/h4,7,10,14H,2-3,5-6,8-9,11-12H2,1H3. The van der Waals surface area contributed by atoms with Crippen LogP contribution in [0.2, 0.25) is 0 Å². The maximum Gasteiger partial charge on any atom is 0.263 e. The summed E-state index contributed by atoms with van der Waals surface area (Å²) in [5, 5.41) is 0. The number of piperazine rings is 1. The Morgan fingerprint density at radius 2 is 2.12 bits per heavy atom. The average Bonchev–Trinajstić information content (AvgIpc) is 3.30. The van der Waals surface area contributed by atoms with E-state index in [4.69, 9.17) is 8.83 Å². The monoisotopic (exact) mass is 329 g/mol. The Labute approximate surface area is 141 Å². The average molecular weight is 329 g/mol. The summed E-state index contributed by atoms with van der Waals surface area (Å²) in [4.78, 5) is 21.3. The first-order valence-electron chi connectivity index (χ1n) is 8.73. The van der Waals surface area contributed by atoms with Gasteiger partial charge >= 0.3 is 0 Å². The maximum atomic E-state index is 12.5. The van der Waals surface area contributed by atoms with Gasteiger partial charge in [-0.05, 0) is 31.9 Å². The number of furan rings is 1. The van der Waals surface area contributed by atoms with Gasteiger partial charge in [-0.3, -0.25) is 9.69 Å². The zero-order valence-corrected chi connectivity index (χ0v) is 14.0. The SMILES string of the molecule is Cc1oc(-c2ccco2)nc1CN1CCN(C2CCCC2)C(=O)C1. The van der Waals surface area contributed by atoms with E-state index in [-0.39, 0.29) is 5.91 Å². The van der Waals surface area contributed by atoms with Crippen LogP contribution in [0, 0.1) is 6.92 Å². The first-order valence-corrected chi connectivity index (χ1v) is 8.73. The van der Waals surface area contributed by atoms with Gasteiger partial charge in [-0.15, -0.1) is 0 Å². The number of oxazole rings is 1. The quantitative estimate of drug-likeness (QED) is 0.863. The number of carbonyl (C=O) groups is 1. The maximum absolute atomic E-state index is 12.5. The molecule has 1 aliphatic carbocycles. The summed E-state index contributed by atoms with van der Waals surface area (Å²) in [5.41, 5.74) is 0.878. The van der Waals surface area contributed by atoms with Crippen molar-refractivity contribution >= 4 is 5.91 Å². The Morgan fingerprint density at radius 3 is 2.83 bits per heavy atom. The predicted octanol–water partition coefficient (Wildman–Crippen LogP) is 2.83. The van der Waals surface area contributed by atoms with E-state index in [0.717, 1.165) is 24.5 Å². The highest BCUT2D eigenvalue weighted by molar-refractivity contribution is 5.79. The smallest absolute Gasteiger partial charge is 0.263 e. The molecule has 2 aromatic rings. The Balaban J connectivity index is 1.41. The number of nitrogens with zero attached hydrogens (tertiary/aromatic N) is 3. The first kappa shape index (κ1) is 15.4. The molecule has 2 aromatic heterocycles. The van der Waals surface area contributed by atoms with Crippen molar-refractivity contribution in [1.82, 2.24) is 14.8 Å². The number of aryl methyl sites for hydroxylation is 1. The number of rotatable bonds is 4. The van der Waals surface area contributed by atoms with Gasteiger partial charge in [0.25, 0.3) is 5.89 Å². The molecule has 24 heavy (non-hydrogen) atoms. The molecule has 1 aliphatic heterocycles. The third-order valence-electron chi connectivity index (χ3n) is 5.10. The highest BCUT2D eigenvalue weighted by atomic mass is 16.4. The van der Waals surface area contributed by atoms with Crippen LogP contribution < -0.4 is 0 Å². The molecule has 6 nitrogen and oxygen atoms in total. The van der Waals surface area contributed by atoms with Crippen molar-refractivity contribution in [3.05, 3.63) is 29.9 Å². The second-order valence-corrected chi connectivity index (χ2v) is 6.74. The summed E-state index contributed by atoms with van der Waals surface area (Å²) in [6.07, 6.45) is 6.45. The van der Waals surface area contributed by atoms with Gasteiger partial charge in [0.05, 0.1) is 18.5 Å². The van der Waals surface area contributed by atoms with E-state index >= 15 is 0 Å². The summed E-state index contributed by atoms with van der Waals surface area (Å²) in [7, 11) is 0. The largest absolute Gasteiger partial charge is 0.459 e. The number of hydrogen-bond donors (Lipinski definition) is 0. The zero-order valence-electron chi connectivity index (χ0n) is 14.0. The molecule has 2 aliphatic rings. The summed E-state index contributed by atoms with van der Waals surface area (Å²) < 4.78 is 11.0. The van der Waals surface area contributed by atoms with Gasteiger partial charge in [0.15, 0.2) is 5.76 Å². The summed E-state index contributed by atoms with van der Waals surface area (Å²) >= 11 is 0. The summed E-state index contributed by atoms with van der Waals surface area (Å²) in [6.45, 7) is 4.74. The molecule has 1 amide bonds. The minimum atomic E-state index is 0.251. The molecule has 0 radical (unpaired) electrons. The molecule has 2 fully saturated rings. The number of aromatic nitrogens is 1. The van der Waals surface area contributed by atoms with Gasteiger partial charge in [0.2, 0.25) is 5.91 Å². The van der Waals surface area contributed by atoms with E-state index in [2.05, 4.69) is 14.8 Å². The highest BCUT2D eigenvalue weighted by Crippen LogP contribution is 2.26. The molecule has 0 bridgehead atoms. The van der Waals surface area contributed by atoms with Crippen molar-refractivity contribution in [3.63, 3.8) is 0 Å². The third kappa shape index (κ3) is 2.98. The normalized spacial score (nSPS) is 20.2. The topological polar surface area (TPSA) is 62.7 Å². The van der Waals surface area contributed by atoms with Gasteiger partial charge in [-0.2, -0.15) is 0 Å². The molecule has 6 heteroatoms. The fraction of sp³-hybridized carbons (Fsp3) is 0.556. The van der Waals surface area contributed by atoms with E-state index in [1.807, 2.05) is 19.1 Å². The number of hydrogen-bond acceptors (Lipinski definition) is 5. The summed E-state index contributed by atoms with van der Waals surface area (Å²) in [5.74, 6) is 2.17. The fourth-order valence-electron chi connectivity index (χ4n) is 3.76. The Morgan fingerprint density at radius 1 is 1.29 bits per heavy atom. The minimum absolute atomic E-state index is 0.251. The van der Waals surface area contributed by atoms with Crippen LogP contribution in [-0.4, -0.2) is 46.4 Å². The molecule has 0 spiro atoms. The van der Waals surface area contributed by atoms with Gasteiger partial charge < -0.3 is 13.7 Å². The van der Waals surface area contributed by atoms with Crippen LogP contribution >= 0.6 is 0 Å². The van der Waals surface area contributed by atoms with Gasteiger partial charge in [-0.1, -0.05) is 12.8 Å². The van der Waals surface area contributed by atoms with Crippen molar-refractivity contribution in [1.29, 1.82) is 0 Å². The van der Waals surface area contributed by atoms with E-state index in [0.29, 0.717) is 30.8 Å². The van der Waals surface area contributed by atoms with Crippen LogP contribution in [0.5, 0.6) is 0 Å². The van der Waals surface area contributed by atoms with Crippen molar-refractivity contribution < 1.29 is 13.6 Å². The molecule has 3 heterocycles. The molecule has 1 saturated heterocycles. The van der Waals surface area contributed by atoms with Crippen molar-refractivity contribution in [2.45, 2.75) is 45.2 Å². The molecule has 0 unspecified atom stereocenters. The second-order valence-electron chi connectivity index (χ2n) is 6.74. The molecule has 4 rings (SSSR count). The Bertz CT molecular complexity index is 701. The number of amides is 1. The van der Waals surface area contributed by atoms with Crippen LogP contribution in [0.1, 0.15) is 37.1 Å². The van der Waals surface area contributed by atoms with Gasteiger partial charge in [0, 0.05) is 25.7 Å². The van der Waals surface area contributed by atoms with Crippen LogP contribution in [0.3, 0.4) is 0 Å². The molecule has 128 valence electrons. The van der Waals surface area contributed by atoms with E-state index in [1.54, 1.807) is 6.26 Å². The van der Waals surface area contributed by atoms with Crippen LogP contribution in [0.4, 0.5) is 0 Å². The van der Waals surface area contributed by atoms with Gasteiger partial charge in [-0.25, -0.2) is 4.98 Å². The molecule has 0 N–H and O–H groups in total. The van der Waals surface area contributed by atoms with Crippen molar-refractivity contribution in [3.8, 4) is 11.7 Å². The first-order chi connectivity index (χ1) is 11.7. The van der Waals surface area contributed by atoms with E-state index in [1.165, 1.54) is 25.7 Å². The predicted molar refractivity (Wildman–Crippen MR) is 88.2 cm³/mol. The highest BCUT2D eigenvalue weighted by Gasteiger charge is 2.31. The lowest BCUT2D eigenvalue weighted by Crippen LogP contribution is -2.53. The lowest BCUT2D eigenvalue weighted by molar-refractivity contribution is -0.138. The molecule has 1 saturated carbocycles. The molecule has 0 aromatic carbocycles. The summed E-state index contributed by atoms with van der Waals surface area (Å²) in [6, 6.07) is 4.12. The Kier molecular flexibility index (Phi) is 4.14. The van der Waals surface area contributed by atoms with Crippen LogP contribution in [0.15, 0.2) is 27.2 Å². The van der Waals surface area contributed by atoms with Crippen molar-refractivity contribution in [2.75, 3.05) is 19.6 Å². The van der Waals surface area contributed by atoms with E-state index in [9.17, 15) is 4.79 Å². The third-order valence-corrected chi connectivity index (χ3v) is 5.10. The van der Waals surface area contributed by atoms with Gasteiger partial charge in [0.1, 0.15) is 5.76 Å². The molecular weight excluding hydrogens is 306 g/mol. The lowest BCUT2D eigenvalue weighted by Gasteiger charge is -2.37. The van der Waals surface area contributed by atoms with E-state index < -0.39 is 0 Å². The van der Waals surface area contributed by atoms with Crippen LogP contribution in [-0.2, 0) is 11.3 Å². The molecule has 0 atom stereocenters. The minimum Gasteiger partial charge on any atom is -0.459 e. The van der Waals surface area contributed by atoms with Crippen LogP contribution in [0.25, 0.3) is 11.7 Å². The van der Waals surface area contributed by atoms with Crippen molar-refractivity contribution in [2.24, 2.45) is 0 Å².